The fraction of sp³-hybridized carbons (Fsp3) is 0.222. The minimum absolute atomic E-state index is 0.268. The summed E-state index contributed by atoms with van der Waals surface area (Å²) < 4.78 is 33.1. The predicted molar refractivity (Wildman–Crippen MR) is 190 cm³/mol. The lowest BCUT2D eigenvalue weighted by Crippen LogP contribution is -2.42. The van der Waals surface area contributed by atoms with Gasteiger partial charge in [-0.25, -0.2) is 13.5 Å². The van der Waals surface area contributed by atoms with Gasteiger partial charge in [-0.3, -0.25) is 19.1 Å². The Kier molecular flexibility index (Phi) is 10.5. The molecule has 48 heavy (non-hydrogen) atoms. The molecular formula is C36H36F2N8S2. The van der Waals surface area contributed by atoms with Gasteiger partial charge >= 0.3 is 0 Å². The number of hydrogen-bond donors (Lipinski definition) is 1. The van der Waals surface area contributed by atoms with Crippen molar-refractivity contribution in [1.82, 2.24) is 38.9 Å². The third-order valence-electron chi connectivity index (χ3n) is 8.41. The van der Waals surface area contributed by atoms with Crippen LogP contribution in [-0.4, -0.2) is 72.1 Å². The molecule has 0 radical (unpaired) electrons. The maximum absolute atomic E-state index is 13.5. The average molecular weight is 683 g/mol. The Morgan fingerprint density at radius 1 is 0.729 bits per heavy atom. The van der Waals surface area contributed by atoms with Crippen LogP contribution in [0.2, 0.25) is 0 Å². The zero-order chi connectivity index (χ0) is 33.6. The Hall–Kier alpha value is -4.62. The van der Waals surface area contributed by atoms with Gasteiger partial charge in [-0.15, -0.1) is 5.10 Å². The lowest BCUT2D eigenvalue weighted by molar-refractivity contribution is 0.113. The first-order chi connectivity index (χ1) is 23.3. The maximum atomic E-state index is 13.5. The quantitative estimate of drug-likeness (QED) is 0.173. The molecule has 8 nitrogen and oxygen atoms in total. The Bertz CT molecular complexity index is 2050. The lowest BCUT2D eigenvalue weighted by Gasteiger charge is -2.34. The van der Waals surface area contributed by atoms with Gasteiger partial charge in [0.25, 0.3) is 0 Å². The van der Waals surface area contributed by atoms with Crippen molar-refractivity contribution in [3.63, 3.8) is 0 Å². The molecule has 1 saturated heterocycles. The smallest absolute Gasteiger partial charge is 0.204 e. The fourth-order valence-corrected chi connectivity index (χ4v) is 6.29. The largest absolute Gasteiger partial charge is 0.306 e. The van der Waals surface area contributed by atoms with E-state index in [2.05, 4.69) is 34.1 Å². The molecule has 1 fully saturated rings. The van der Waals surface area contributed by atoms with E-state index in [9.17, 15) is 8.78 Å². The second kappa shape index (κ2) is 15.1. The van der Waals surface area contributed by atoms with Crippen molar-refractivity contribution in [2.24, 2.45) is 0 Å². The first kappa shape index (κ1) is 33.3. The molecule has 0 bridgehead atoms. The first-order valence-electron chi connectivity index (χ1n) is 15.7. The number of benzene rings is 4. The molecular weight excluding hydrogens is 647 g/mol. The zero-order valence-corrected chi connectivity index (χ0v) is 28.3. The minimum atomic E-state index is -0.278. The summed E-state index contributed by atoms with van der Waals surface area (Å²) in [5, 5.41) is 11.9. The summed E-state index contributed by atoms with van der Waals surface area (Å²) in [5.41, 5.74) is 3.50. The highest BCUT2D eigenvalue weighted by Crippen LogP contribution is 2.24. The molecule has 0 spiro atoms. The highest BCUT2D eigenvalue weighted by Gasteiger charge is 2.22. The number of nitrogens with zero attached hydrogens (tertiary/aromatic N) is 7. The van der Waals surface area contributed by atoms with E-state index in [1.807, 2.05) is 69.9 Å². The van der Waals surface area contributed by atoms with Crippen molar-refractivity contribution < 1.29 is 8.78 Å². The Morgan fingerprint density at radius 2 is 1.23 bits per heavy atom. The molecule has 1 aliphatic rings. The SMILES string of the molecule is CN1CCC(N(C)Cn2nc(-c3ccccc3)n(-c3ccc(F)cc3)c2=S)CC1.Fc1ccc(-n2c(-c3ccccc3)n[nH]c2=S)cc1. The number of aromatic nitrogens is 6. The van der Waals surface area contributed by atoms with E-state index in [-0.39, 0.29) is 11.6 Å². The average Bonchev–Trinajstić information content (AvgIpc) is 3.66. The summed E-state index contributed by atoms with van der Waals surface area (Å²) in [6, 6.07) is 32.7. The van der Waals surface area contributed by atoms with E-state index >= 15 is 0 Å². The third-order valence-corrected chi connectivity index (χ3v) is 9.08. The molecule has 1 N–H and O–H groups in total. The molecule has 3 heterocycles. The monoisotopic (exact) mass is 682 g/mol. The van der Waals surface area contributed by atoms with Crippen molar-refractivity contribution in [2.45, 2.75) is 25.6 Å². The maximum Gasteiger partial charge on any atom is 0.204 e. The molecule has 0 aliphatic carbocycles. The number of rotatable bonds is 7. The van der Waals surface area contributed by atoms with Gasteiger partial charge in [-0.05, 0) is 113 Å². The van der Waals surface area contributed by atoms with Gasteiger partial charge in [0, 0.05) is 17.2 Å². The molecule has 0 unspecified atom stereocenters. The number of likely N-dealkylation sites (tertiary alicyclic amines) is 1. The summed E-state index contributed by atoms with van der Waals surface area (Å²) >= 11 is 11.0. The van der Waals surface area contributed by atoms with Gasteiger partial charge in [0.15, 0.2) is 16.4 Å². The molecule has 0 amide bonds. The van der Waals surface area contributed by atoms with Crippen LogP contribution in [0.25, 0.3) is 34.2 Å². The van der Waals surface area contributed by atoms with Gasteiger partial charge in [-0.2, -0.15) is 5.10 Å². The molecule has 0 atom stereocenters. The number of piperidine rings is 1. The molecule has 1 aliphatic heterocycles. The van der Waals surface area contributed by atoms with Crippen LogP contribution < -0.4 is 0 Å². The van der Waals surface area contributed by atoms with Crippen LogP contribution in [0.15, 0.2) is 109 Å². The van der Waals surface area contributed by atoms with Crippen LogP contribution in [-0.2, 0) is 6.67 Å². The topological polar surface area (TPSA) is 62.8 Å². The zero-order valence-electron chi connectivity index (χ0n) is 26.7. The number of H-pyrrole nitrogens is 1. The third kappa shape index (κ3) is 7.57. The highest BCUT2D eigenvalue weighted by molar-refractivity contribution is 7.71. The minimum Gasteiger partial charge on any atom is -0.306 e. The normalized spacial score (nSPS) is 13.8. The van der Waals surface area contributed by atoms with E-state index < -0.39 is 0 Å². The second-order valence-corrected chi connectivity index (χ2v) is 12.5. The summed E-state index contributed by atoms with van der Waals surface area (Å²) in [7, 11) is 4.31. The number of halogens is 2. The number of aromatic amines is 1. The van der Waals surface area contributed by atoms with E-state index in [0.29, 0.717) is 28.1 Å². The van der Waals surface area contributed by atoms with Crippen LogP contribution in [0.3, 0.4) is 0 Å². The van der Waals surface area contributed by atoms with Gasteiger partial charge < -0.3 is 4.90 Å². The van der Waals surface area contributed by atoms with Gasteiger partial charge in [0.1, 0.15) is 11.6 Å². The number of nitrogens with one attached hydrogen (secondary N) is 1. The van der Waals surface area contributed by atoms with Crippen LogP contribution in [0.4, 0.5) is 8.78 Å². The van der Waals surface area contributed by atoms with Crippen LogP contribution in [0.5, 0.6) is 0 Å². The van der Waals surface area contributed by atoms with Crippen molar-refractivity contribution in [3.05, 3.63) is 130 Å². The Morgan fingerprint density at radius 3 is 1.77 bits per heavy atom. The van der Waals surface area contributed by atoms with Gasteiger partial charge in [0.05, 0.1) is 18.0 Å². The van der Waals surface area contributed by atoms with Gasteiger partial charge in [-0.1, -0.05) is 60.7 Å². The van der Waals surface area contributed by atoms with E-state index in [0.717, 1.165) is 54.3 Å². The number of hydrogen-bond acceptors (Lipinski definition) is 6. The molecule has 12 heteroatoms. The summed E-state index contributed by atoms with van der Waals surface area (Å²) in [6.07, 6.45) is 2.29. The highest BCUT2D eigenvalue weighted by atomic mass is 32.1. The first-order valence-corrected chi connectivity index (χ1v) is 16.5. The van der Waals surface area contributed by atoms with Crippen LogP contribution in [0.1, 0.15) is 12.8 Å². The predicted octanol–water partition coefficient (Wildman–Crippen LogP) is 7.93. The van der Waals surface area contributed by atoms with E-state index in [4.69, 9.17) is 29.5 Å². The summed E-state index contributed by atoms with van der Waals surface area (Å²) in [4.78, 5) is 4.70. The molecule has 2 aromatic heterocycles. The van der Waals surface area contributed by atoms with Gasteiger partial charge in [0.2, 0.25) is 4.77 Å². The second-order valence-electron chi connectivity index (χ2n) is 11.7. The molecule has 6 aromatic rings. The Balaban J connectivity index is 0.000000182. The molecule has 7 rings (SSSR count). The van der Waals surface area contributed by atoms with E-state index in [1.165, 1.54) is 24.3 Å². The Labute approximate surface area is 288 Å². The standard InChI is InChI=1S/C22H26FN5S.C14H10FN3S/c1-25-14-12-19(13-15-25)26(2)16-27-22(29)28(20-10-8-18(23)9-11-20)21(24-27)17-6-4-3-5-7-17;15-11-6-8-12(9-7-11)18-13(16-17-14(18)19)10-4-2-1-3-5-10/h3-11,19H,12-16H2,1-2H3;1-9H,(H,17,19). The molecule has 246 valence electrons. The molecule has 4 aromatic carbocycles. The van der Waals surface area contributed by atoms with Crippen LogP contribution in [0, 0.1) is 21.2 Å². The van der Waals surface area contributed by atoms with Crippen molar-refractivity contribution in [1.29, 1.82) is 0 Å². The summed E-state index contributed by atoms with van der Waals surface area (Å²) in [6.45, 7) is 2.85. The van der Waals surface area contributed by atoms with Crippen LogP contribution >= 0.6 is 24.4 Å². The van der Waals surface area contributed by atoms with E-state index in [1.54, 1.807) is 28.8 Å². The van der Waals surface area contributed by atoms with Crippen molar-refractivity contribution >= 4 is 24.4 Å². The summed E-state index contributed by atoms with van der Waals surface area (Å²) in [5.74, 6) is 0.923. The van der Waals surface area contributed by atoms with Crippen molar-refractivity contribution in [3.8, 4) is 34.2 Å². The molecule has 0 saturated carbocycles. The van der Waals surface area contributed by atoms with Crippen molar-refractivity contribution in [2.75, 3.05) is 27.2 Å². The fourth-order valence-electron chi connectivity index (χ4n) is 5.77. The lowest BCUT2D eigenvalue weighted by atomic mass is 10.0.